The van der Waals surface area contributed by atoms with Crippen molar-refractivity contribution in [3.8, 4) is 5.75 Å². The lowest BCUT2D eigenvalue weighted by molar-refractivity contribution is -0.131. The Bertz CT molecular complexity index is 780. The van der Waals surface area contributed by atoms with Gasteiger partial charge in [0.2, 0.25) is 9.84 Å². The molecule has 0 aliphatic heterocycles. The molecule has 0 unspecified atom stereocenters. The van der Waals surface area contributed by atoms with Crippen LogP contribution in [-0.2, 0) is 14.6 Å². The molecule has 0 aliphatic rings. The first-order valence-corrected chi connectivity index (χ1v) is 7.69. The van der Waals surface area contributed by atoms with Crippen molar-refractivity contribution in [3.63, 3.8) is 0 Å². The summed E-state index contributed by atoms with van der Waals surface area (Å²) in [5.41, 5.74) is 6.62. The molecule has 0 fully saturated rings. The van der Waals surface area contributed by atoms with Crippen molar-refractivity contribution < 1.29 is 17.9 Å². The third-order valence-corrected chi connectivity index (χ3v) is 4.67. The molecule has 0 aromatic heterocycles. The smallest absolute Gasteiger partial charge is 0.308 e. The zero-order chi connectivity index (χ0) is 15.6. The van der Waals surface area contributed by atoms with Crippen LogP contribution in [0.25, 0.3) is 0 Å². The number of ether oxygens (including phenoxy) is 1. The monoisotopic (exact) mass is 305 g/mol. The van der Waals surface area contributed by atoms with Gasteiger partial charge < -0.3 is 10.5 Å². The van der Waals surface area contributed by atoms with Gasteiger partial charge in [0, 0.05) is 12.6 Å². The second-order valence-corrected chi connectivity index (χ2v) is 6.54. The maximum Gasteiger partial charge on any atom is 0.308 e. The van der Waals surface area contributed by atoms with Crippen LogP contribution in [0.15, 0.2) is 52.3 Å². The first-order valence-electron chi connectivity index (χ1n) is 6.20. The molecule has 2 N–H and O–H groups in total. The van der Waals surface area contributed by atoms with Gasteiger partial charge in [-0.1, -0.05) is 0 Å². The minimum absolute atomic E-state index is 0.140. The number of esters is 1. The number of nitrogens with two attached hydrogens (primary N) is 1. The largest absolute Gasteiger partial charge is 0.426 e. The molecule has 5 nitrogen and oxygen atoms in total. The van der Waals surface area contributed by atoms with Crippen LogP contribution >= 0.6 is 0 Å². The zero-order valence-electron chi connectivity index (χ0n) is 11.7. The Morgan fingerprint density at radius 3 is 2.14 bits per heavy atom. The number of hydrogen-bond donors (Lipinski definition) is 1. The van der Waals surface area contributed by atoms with Gasteiger partial charge in [-0.3, -0.25) is 4.79 Å². The number of hydrogen-bond acceptors (Lipinski definition) is 5. The van der Waals surface area contributed by atoms with Crippen LogP contribution in [-0.4, -0.2) is 14.4 Å². The second kappa shape index (κ2) is 5.57. The highest BCUT2D eigenvalue weighted by atomic mass is 32.2. The first kappa shape index (κ1) is 15.1. The molecular weight excluding hydrogens is 290 g/mol. The van der Waals surface area contributed by atoms with Gasteiger partial charge in [0.25, 0.3) is 0 Å². The van der Waals surface area contributed by atoms with E-state index in [4.69, 9.17) is 10.5 Å². The lowest BCUT2D eigenvalue weighted by atomic mass is 10.2. The summed E-state index contributed by atoms with van der Waals surface area (Å²) in [5, 5.41) is 0. The van der Waals surface area contributed by atoms with Crippen molar-refractivity contribution in [2.24, 2.45) is 0 Å². The van der Waals surface area contributed by atoms with E-state index in [1.54, 1.807) is 6.92 Å². The van der Waals surface area contributed by atoms with E-state index in [0.717, 1.165) is 0 Å². The Kier molecular flexibility index (Phi) is 3.99. The minimum atomic E-state index is -3.62. The molecule has 0 aliphatic carbocycles. The Labute approximate surface area is 123 Å². The van der Waals surface area contributed by atoms with Crippen molar-refractivity contribution >= 4 is 21.5 Å². The van der Waals surface area contributed by atoms with Crippen LogP contribution in [0, 0.1) is 6.92 Å². The van der Waals surface area contributed by atoms with E-state index < -0.39 is 15.8 Å². The van der Waals surface area contributed by atoms with Gasteiger partial charge in [0.15, 0.2) is 0 Å². The summed E-state index contributed by atoms with van der Waals surface area (Å²) in [6.07, 6.45) is 0. The summed E-state index contributed by atoms with van der Waals surface area (Å²) < 4.78 is 29.9. The maximum atomic E-state index is 12.5. The highest BCUT2D eigenvalue weighted by Crippen LogP contribution is 2.26. The normalized spacial score (nSPS) is 11.1. The molecule has 0 spiro atoms. The molecule has 0 bridgehead atoms. The number of sulfone groups is 1. The Balaban J connectivity index is 2.43. The average molecular weight is 305 g/mol. The third kappa shape index (κ3) is 3.22. The molecule has 0 amide bonds. The standard InChI is InChI=1S/C15H15NO4S/c1-10-9-14(7-8-15(10)20-11(2)17)21(18,19)13-5-3-12(16)4-6-13/h3-9H,16H2,1-2H3. The van der Waals surface area contributed by atoms with Gasteiger partial charge in [-0.2, -0.15) is 0 Å². The number of carbonyl (C=O) groups is 1. The zero-order valence-corrected chi connectivity index (χ0v) is 12.5. The summed E-state index contributed by atoms with van der Waals surface area (Å²) in [4.78, 5) is 11.3. The molecule has 2 rings (SSSR count). The predicted molar refractivity (Wildman–Crippen MR) is 78.8 cm³/mol. The van der Waals surface area contributed by atoms with Gasteiger partial charge in [0.05, 0.1) is 9.79 Å². The number of anilines is 1. The summed E-state index contributed by atoms with van der Waals surface area (Å²) in [7, 11) is -3.62. The highest BCUT2D eigenvalue weighted by molar-refractivity contribution is 7.91. The summed E-state index contributed by atoms with van der Waals surface area (Å²) >= 11 is 0. The number of carbonyl (C=O) groups excluding carboxylic acids is 1. The third-order valence-electron chi connectivity index (χ3n) is 2.90. The van der Waals surface area contributed by atoms with Gasteiger partial charge in [-0.05, 0) is 55.0 Å². The average Bonchev–Trinajstić information content (AvgIpc) is 2.41. The van der Waals surface area contributed by atoms with Crippen molar-refractivity contribution in [2.75, 3.05) is 5.73 Å². The number of nitrogen functional groups attached to an aromatic ring is 1. The van der Waals surface area contributed by atoms with E-state index in [1.165, 1.54) is 49.4 Å². The van der Waals surface area contributed by atoms with Gasteiger partial charge >= 0.3 is 5.97 Å². The molecule has 0 saturated heterocycles. The quantitative estimate of drug-likeness (QED) is 0.534. The molecule has 0 saturated carbocycles. The van der Waals surface area contributed by atoms with Crippen LogP contribution in [0.2, 0.25) is 0 Å². The number of rotatable bonds is 3. The van der Waals surface area contributed by atoms with Gasteiger partial charge in [0.1, 0.15) is 5.75 Å². The SMILES string of the molecule is CC(=O)Oc1ccc(S(=O)(=O)c2ccc(N)cc2)cc1C. The Morgan fingerprint density at radius 1 is 1.05 bits per heavy atom. The lowest BCUT2D eigenvalue weighted by Crippen LogP contribution is -2.05. The van der Waals surface area contributed by atoms with E-state index >= 15 is 0 Å². The van der Waals surface area contributed by atoms with Crippen molar-refractivity contribution in [1.29, 1.82) is 0 Å². The van der Waals surface area contributed by atoms with Crippen molar-refractivity contribution in [1.82, 2.24) is 0 Å². The maximum absolute atomic E-state index is 12.5. The Morgan fingerprint density at radius 2 is 1.62 bits per heavy atom. The molecular formula is C15H15NO4S. The summed E-state index contributed by atoms with van der Waals surface area (Å²) in [6.45, 7) is 2.97. The van der Waals surface area contributed by atoms with Crippen LogP contribution in [0.4, 0.5) is 5.69 Å². The van der Waals surface area contributed by atoms with E-state index in [9.17, 15) is 13.2 Å². The predicted octanol–water partition coefficient (Wildman–Crippen LogP) is 2.34. The van der Waals surface area contributed by atoms with E-state index in [0.29, 0.717) is 17.0 Å². The number of aryl methyl sites for hydroxylation is 1. The molecule has 0 atom stereocenters. The molecule has 2 aromatic carbocycles. The molecule has 21 heavy (non-hydrogen) atoms. The van der Waals surface area contributed by atoms with E-state index in [2.05, 4.69) is 0 Å². The van der Waals surface area contributed by atoms with Crippen molar-refractivity contribution in [2.45, 2.75) is 23.6 Å². The van der Waals surface area contributed by atoms with Crippen LogP contribution in [0.1, 0.15) is 12.5 Å². The second-order valence-electron chi connectivity index (χ2n) is 4.59. The molecule has 6 heteroatoms. The van der Waals surface area contributed by atoms with Gasteiger partial charge in [-0.15, -0.1) is 0 Å². The molecule has 0 radical (unpaired) electrons. The molecule has 110 valence electrons. The topological polar surface area (TPSA) is 86.5 Å². The highest BCUT2D eigenvalue weighted by Gasteiger charge is 2.18. The van der Waals surface area contributed by atoms with Crippen molar-refractivity contribution in [3.05, 3.63) is 48.0 Å². The van der Waals surface area contributed by atoms with Crippen LogP contribution < -0.4 is 10.5 Å². The summed E-state index contributed by atoms with van der Waals surface area (Å²) in [5.74, 6) is -0.106. The fraction of sp³-hybridized carbons (Fsp3) is 0.133. The summed E-state index contributed by atoms with van der Waals surface area (Å²) in [6, 6.07) is 10.3. The lowest BCUT2D eigenvalue weighted by Gasteiger charge is -2.09. The fourth-order valence-electron chi connectivity index (χ4n) is 1.84. The van der Waals surface area contributed by atoms with E-state index in [-0.39, 0.29) is 9.79 Å². The number of benzene rings is 2. The van der Waals surface area contributed by atoms with Crippen LogP contribution in [0.3, 0.4) is 0 Å². The molecule has 2 aromatic rings. The Hall–Kier alpha value is -2.34. The molecule has 0 heterocycles. The van der Waals surface area contributed by atoms with Gasteiger partial charge in [-0.25, -0.2) is 8.42 Å². The minimum Gasteiger partial charge on any atom is -0.426 e. The first-order chi connectivity index (χ1) is 9.80. The van der Waals surface area contributed by atoms with E-state index in [1.807, 2.05) is 0 Å². The fourth-order valence-corrected chi connectivity index (χ4v) is 3.19. The van der Waals surface area contributed by atoms with Crippen LogP contribution in [0.5, 0.6) is 5.75 Å².